The number of aryl methyl sites for hydroxylation is 2. The lowest BCUT2D eigenvalue weighted by Crippen LogP contribution is -2.48. The molecule has 0 spiro atoms. The van der Waals surface area contributed by atoms with Gasteiger partial charge in [-0.25, -0.2) is 4.98 Å². The first-order valence-corrected chi connectivity index (χ1v) is 15.9. The number of methoxy groups -OCH3 is 1. The number of thiazole rings is 1. The van der Waals surface area contributed by atoms with Gasteiger partial charge in [0.05, 0.1) is 25.8 Å². The van der Waals surface area contributed by atoms with Gasteiger partial charge in [-0.3, -0.25) is 9.59 Å². The van der Waals surface area contributed by atoms with E-state index < -0.39 is 12.1 Å². The third kappa shape index (κ3) is 8.53. The van der Waals surface area contributed by atoms with Crippen LogP contribution in [0, 0.1) is 13.8 Å². The number of aromatic nitrogens is 1. The monoisotopic (exact) mass is 612 g/mol. The second-order valence-electron chi connectivity index (χ2n) is 11.5. The lowest BCUT2D eigenvalue weighted by molar-refractivity contribution is 0.0729. The molecule has 1 saturated carbocycles. The van der Waals surface area contributed by atoms with Gasteiger partial charge in [0.15, 0.2) is 0 Å². The molecule has 4 aromatic rings. The van der Waals surface area contributed by atoms with Gasteiger partial charge in [-0.05, 0) is 80.1 Å². The molecule has 3 N–H and O–H groups in total. The summed E-state index contributed by atoms with van der Waals surface area (Å²) in [7, 11) is 1.63. The highest BCUT2D eigenvalue weighted by Crippen LogP contribution is 2.31. The van der Waals surface area contributed by atoms with Crippen molar-refractivity contribution in [2.75, 3.05) is 13.7 Å². The number of amides is 2. The average molecular weight is 613 g/mol. The largest absolute Gasteiger partial charge is 0.497 e. The van der Waals surface area contributed by atoms with Crippen molar-refractivity contribution in [2.45, 2.75) is 64.4 Å². The van der Waals surface area contributed by atoms with Crippen molar-refractivity contribution >= 4 is 23.2 Å². The lowest BCUT2D eigenvalue weighted by Gasteiger charge is -2.25. The van der Waals surface area contributed by atoms with Crippen molar-refractivity contribution < 1.29 is 19.4 Å². The Kier molecular flexibility index (Phi) is 10.4. The summed E-state index contributed by atoms with van der Waals surface area (Å²) in [6.07, 6.45) is 1.54. The summed E-state index contributed by atoms with van der Waals surface area (Å²) >= 11 is 1.56. The molecule has 2 atom stereocenters. The predicted molar refractivity (Wildman–Crippen MR) is 173 cm³/mol. The number of aliphatic hydroxyl groups is 1. The molecular weight excluding hydrogens is 572 g/mol. The van der Waals surface area contributed by atoms with E-state index in [2.05, 4.69) is 15.6 Å². The van der Waals surface area contributed by atoms with E-state index in [0.717, 1.165) is 46.0 Å². The molecule has 1 aliphatic carbocycles. The van der Waals surface area contributed by atoms with Crippen LogP contribution >= 0.6 is 11.3 Å². The molecule has 44 heavy (non-hydrogen) atoms. The van der Waals surface area contributed by atoms with E-state index in [1.54, 1.807) is 30.6 Å². The Hall–Kier alpha value is -4.05. The SMILES string of the molecule is COc1cccc(CNC[C@@H](O)[C@H](Cc2ccccc2)NC(=O)c2cc(C)cc(C(=O)N(Cc3nc(C)cs3)C3CC3)c2)c1. The van der Waals surface area contributed by atoms with Crippen LogP contribution in [0.2, 0.25) is 0 Å². The molecule has 0 radical (unpaired) electrons. The molecule has 1 aliphatic rings. The van der Waals surface area contributed by atoms with Crippen LogP contribution in [0.15, 0.2) is 78.2 Å². The van der Waals surface area contributed by atoms with E-state index in [-0.39, 0.29) is 24.4 Å². The van der Waals surface area contributed by atoms with Gasteiger partial charge in [0, 0.05) is 41.3 Å². The number of carbonyl (C=O) groups excluding carboxylic acids is 2. The van der Waals surface area contributed by atoms with E-state index in [1.165, 1.54) is 0 Å². The second kappa shape index (κ2) is 14.6. The van der Waals surface area contributed by atoms with Crippen molar-refractivity contribution in [3.8, 4) is 5.75 Å². The Bertz CT molecular complexity index is 1570. The Morgan fingerprint density at radius 1 is 1.02 bits per heavy atom. The highest BCUT2D eigenvalue weighted by atomic mass is 32.1. The smallest absolute Gasteiger partial charge is 0.254 e. The molecule has 1 fully saturated rings. The van der Waals surface area contributed by atoms with Crippen LogP contribution in [-0.4, -0.2) is 58.6 Å². The van der Waals surface area contributed by atoms with Gasteiger partial charge >= 0.3 is 0 Å². The topological polar surface area (TPSA) is 104 Å². The van der Waals surface area contributed by atoms with Gasteiger partial charge in [-0.15, -0.1) is 11.3 Å². The molecule has 5 rings (SSSR count). The number of ether oxygens (including phenoxy) is 1. The third-order valence-corrected chi connectivity index (χ3v) is 8.65. The second-order valence-corrected chi connectivity index (χ2v) is 12.4. The van der Waals surface area contributed by atoms with Crippen LogP contribution in [0.5, 0.6) is 5.75 Å². The zero-order valence-corrected chi connectivity index (χ0v) is 26.3. The maximum absolute atomic E-state index is 13.7. The van der Waals surface area contributed by atoms with Gasteiger partial charge in [-0.2, -0.15) is 0 Å². The van der Waals surface area contributed by atoms with Crippen molar-refractivity contribution in [1.82, 2.24) is 20.5 Å². The van der Waals surface area contributed by atoms with E-state index in [9.17, 15) is 14.7 Å². The number of hydrogen-bond acceptors (Lipinski definition) is 7. The summed E-state index contributed by atoms with van der Waals surface area (Å²) in [6.45, 7) is 5.12. The Labute approximate surface area is 263 Å². The third-order valence-electron chi connectivity index (χ3n) is 7.70. The number of rotatable bonds is 14. The highest BCUT2D eigenvalue weighted by molar-refractivity contribution is 7.09. The van der Waals surface area contributed by atoms with E-state index in [4.69, 9.17) is 4.74 Å². The number of nitrogens with zero attached hydrogens (tertiary/aromatic N) is 2. The van der Waals surface area contributed by atoms with Gasteiger partial charge < -0.3 is 25.4 Å². The predicted octanol–water partition coefficient (Wildman–Crippen LogP) is 5.07. The zero-order chi connectivity index (χ0) is 31.1. The van der Waals surface area contributed by atoms with E-state index in [0.29, 0.717) is 30.6 Å². The van der Waals surface area contributed by atoms with E-state index >= 15 is 0 Å². The summed E-state index contributed by atoms with van der Waals surface area (Å²) in [5, 5.41) is 20.5. The summed E-state index contributed by atoms with van der Waals surface area (Å²) in [5.41, 5.74) is 4.68. The van der Waals surface area contributed by atoms with Crippen molar-refractivity contribution in [3.05, 3.63) is 117 Å². The molecule has 230 valence electrons. The number of nitrogens with one attached hydrogen (secondary N) is 2. The summed E-state index contributed by atoms with van der Waals surface area (Å²) < 4.78 is 5.31. The minimum atomic E-state index is -0.859. The first kappa shape index (κ1) is 31.4. The van der Waals surface area contributed by atoms with Crippen LogP contribution in [0.1, 0.15) is 60.9 Å². The van der Waals surface area contributed by atoms with Crippen molar-refractivity contribution in [2.24, 2.45) is 0 Å². The highest BCUT2D eigenvalue weighted by Gasteiger charge is 2.34. The fraction of sp³-hybridized carbons (Fsp3) is 0.343. The zero-order valence-electron chi connectivity index (χ0n) is 25.5. The quantitative estimate of drug-likeness (QED) is 0.184. The first-order chi connectivity index (χ1) is 21.3. The van der Waals surface area contributed by atoms with Gasteiger partial charge in [0.25, 0.3) is 11.8 Å². The van der Waals surface area contributed by atoms with Gasteiger partial charge in [0.1, 0.15) is 10.8 Å². The molecule has 9 heteroatoms. The minimum absolute atomic E-state index is 0.0966. The molecule has 0 unspecified atom stereocenters. The van der Waals surface area contributed by atoms with Gasteiger partial charge in [-0.1, -0.05) is 42.5 Å². The minimum Gasteiger partial charge on any atom is -0.497 e. The normalized spacial score (nSPS) is 14.1. The first-order valence-electron chi connectivity index (χ1n) is 15.0. The average Bonchev–Trinajstić information content (AvgIpc) is 3.79. The Morgan fingerprint density at radius 2 is 1.77 bits per heavy atom. The lowest BCUT2D eigenvalue weighted by atomic mass is 9.99. The fourth-order valence-corrected chi connectivity index (χ4v) is 6.04. The summed E-state index contributed by atoms with van der Waals surface area (Å²) in [6, 6.07) is 22.5. The van der Waals surface area contributed by atoms with Crippen molar-refractivity contribution in [1.29, 1.82) is 0 Å². The van der Waals surface area contributed by atoms with Crippen LogP contribution < -0.4 is 15.4 Å². The maximum Gasteiger partial charge on any atom is 0.254 e. The van der Waals surface area contributed by atoms with Crippen LogP contribution in [0.4, 0.5) is 0 Å². The molecule has 8 nitrogen and oxygen atoms in total. The number of hydrogen-bond donors (Lipinski definition) is 3. The van der Waals surface area contributed by atoms with E-state index in [1.807, 2.05) is 84.8 Å². The standard InChI is InChI=1S/C35H40N4O4S/c1-23-14-27(18-28(15-23)35(42)39(29-12-13-29)21-33-37-24(2)22-44-33)34(41)38-31(17-25-8-5-4-6-9-25)32(40)20-36-19-26-10-7-11-30(16-26)43-3/h4-11,14-16,18,22,29,31-32,36,40H,12-13,17,19-21H2,1-3H3,(H,38,41)/t31-,32+/m0/s1. The number of benzene rings is 3. The Balaban J connectivity index is 1.29. The summed E-state index contributed by atoms with van der Waals surface area (Å²) in [4.78, 5) is 33.8. The van der Waals surface area contributed by atoms with Crippen LogP contribution in [0.25, 0.3) is 0 Å². The molecule has 2 amide bonds. The number of carbonyl (C=O) groups is 2. The van der Waals surface area contributed by atoms with Crippen LogP contribution in [-0.2, 0) is 19.5 Å². The van der Waals surface area contributed by atoms with Gasteiger partial charge in [0.2, 0.25) is 0 Å². The summed E-state index contributed by atoms with van der Waals surface area (Å²) in [5.74, 6) is 0.346. The Morgan fingerprint density at radius 3 is 2.48 bits per heavy atom. The molecule has 1 heterocycles. The molecule has 0 saturated heterocycles. The molecule has 1 aromatic heterocycles. The molecule has 0 bridgehead atoms. The van der Waals surface area contributed by atoms with Crippen molar-refractivity contribution in [3.63, 3.8) is 0 Å². The number of aliphatic hydroxyl groups excluding tert-OH is 1. The van der Waals surface area contributed by atoms with Crippen LogP contribution in [0.3, 0.4) is 0 Å². The molecular formula is C35H40N4O4S. The molecule has 3 aromatic carbocycles. The fourth-order valence-electron chi connectivity index (χ4n) is 5.27. The molecule has 0 aliphatic heterocycles. The maximum atomic E-state index is 13.7.